The van der Waals surface area contributed by atoms with Crippen LogP contribution < -0.4 is 4.74 Å². The first-order valence-electron chi connectivity index (χ1n) is 4.68. The number of nitrogens with zero attached hydrogens (tertiary/aromatic N) is 1. The van der Waals surface area contributed by atoms with Gasteiger partial charge in [-0.3, -0.25) is 0 Å². The normalized spacial score (nSPS) is 11.2. The highest BCUT2D eigenvalue weighted by molar-refractivity contribution is 5.89. The molecule has 5 heteroatoms. The molecule has 0 amide bonds. The largest absolute Gasteiger partial charge is 0.573 e. The number of ether oxygens (including phenoxy) is 1. The zero-order chi connectivity index (χ0) is 12.5. The van der Waals surface area contributed by atoms with Crippen molar-refractivity contribution in [2.24, 2.45) is 0 Å². The fraction of sp³-hybridized carbons (Fsp3) is 0.0833. The third-order valence-electron chi connectivity index (χ3n) is 2.19. The standard InChI is InChI=1S/C12H6F3NO/c13-12(14,15)17-10-5-8-3-1-2-4-11(8)9(6-10)7-16/h1-6H. The van der Waals surface area contributed by atoms with Crippen molar-refractivity contribution in [2.75, 3.05) is 0 Å². The SMILES string of the molecule is N#Cc1cc(OC(F)(F)F)cc2ccccc12. The molecule has 0 atom stereocenters. The zero-order valence-corrected chi connectivity index (χ0v) is 8.45. The van der Waals surface area contributed by atoms with Gasteiger partial charge in [0.15, 0.2) is 0 Å². The van der Waals surface area contributed by atoms with Crippen molar-refractivity contribution in [1.29, 1.82) is 5.26 Å². The Labute approximate surface area is 94.8 Å². The van der Waals surface area contributed by atoms with Gasteiger partial charge in [0, 0.05) is 0 Å². The lowest BCUT2D eigenvalue weighted by Gasteiger charge is -2.10. The first-order valence-corrected chi connectivity index (χ1v) is 4.68. The second kappa shape index (κ2) is 3.98. The van der Waals surface area contributed by atoms with Crippen LogP contribution in [0.3, 0.4) is 0 Å². The molecular weight excluding hydrogens is 231 g/mol. The third kappa shape index (κ3) is 2.48. The molecule has 2 aromatic carbocycles. The van der Waals surface area contributed by atoms with Gasteiger partial charge in [-0.15, -0.1) is 13.2 Å². The van der Waals surface area contributed by atoms with Crippen LogP contribution >= 0.6 is 0 Å². The van der Waals surface area contributed by atoms with E-state index in [1.807, 2.05) is 6.07 Å². The number of alkyl halides is 3. The van der Waals surface area contributed by atoms with Gasteiger partial charge in [-0.05, 0) is 22.9 Å². The molecule has 2 rings (SSSR count). The van der Waals surface area contributed by atoms with E-state index in [1.54, 1.807) is 24.3 Å². The predicted octanol–water partition coefficient (Wildman–Crippen LogP) is 3.61. The van der Waals surface area contributed by atoms with E-state index in [0.717, 1.165) is 6.07 Å². The number of halogens is 3. The predicted molar refractivity (Wildman–Crippen MR) is 55.3 cm³/mol. The number of hydrogen-bond donors (Lipinski definition) is 0. The summed E-state index contributed by atoms with van der Waals surface area (Å²) in [4.78, 5) is 0. The van der Waals surface area contributed by atoms with Crippen LogP contribution in [0, 0.1) is 11.3 Å². The van der Waals surface area contributed by atoms with Gasteiger partial charge in [0.25, 0.3) is 0 Å². The molecule has 0 fully saturated rings. The van der Waals surface area contributed by atoms with Crippen molar-refractivity contribution in [1.82, 2.24) is 0 Å². The van der Waals surface area contributed by atoms with Crippen molar-refractivity contribution < 1.29 is 17.9 Å². The minimum absolute atomic E-state index is 0.155. The maximum absolute atomic E-state index is 12.1. The average Bonchev–Trinajstić information content (AvgIpc) is 2.25. The second-order valence-corrected chi connectivity index (χ2v) is 3.35. The lowest BCUT2D eigenvalue weighted by molar-refractivity contribution is -0.274. The van der Waals surface area contributed by atoms with Gasteiger partial charge < -0.3 is 4.74 Å². The van der Waals surface area contributed by atoms with E-state index >= 15 is 0 Å². The minimum atomic E-state index is -4.75. The summed E-state index contributed by atoms with van der Waals surface area (Å²) in [6, 6.07) is 10.9. The summed E-state index contributed by atoms with van der Waals surface area (Å²) in [6.45, 7) is 0. The summed E-state index contributed by atoms with van der Waals surface area (Å²) in [5, 5.41) is 10.0. The van der Waals surface area contributed by atoms with Gasteiger partial charge in [-0.25, -0.2) is 0 Å². The first-order chi connectivity index (χ1) is 7.99. The van der Waals surface area contributed by atoms with Crippen LogP contribution in [0.2, 0.25) is 0 Å². The fourth-order valence-corrected chi connectivity index (χ4v) is 1.57. The molecule has 0 spiro atoms. The first kappa shape index (κ1) is 11.3. The van der Waals surface area contributed by atoms with Crippen LogP contribution in [0.15, 0.2) is 36.4 Å². The molecule has 0 radical (unpaired) electrons. The van der Waals surface area contributed by atoms with Gasteiger partial charge in [0.1, 0.15) is 5.75 Å². The number of hydrogen-bond acceptors (Lipinski definition) is 2. The Bertz CT molecular complexity index is 599. The lowest BCUT2D eigenvalue weighted by atomic mass is 10.1. The molecule has 0 unspecified atom stereocenters. The van der Waals surface area contributed by atoms with E-state index in [2.05, 4.69) is 4.74 Å². The van der Waals surface area contributed by atoms with Crippen molar-refractivity contribution in [3.8, 4) is 11.8 Å². The van der Waals surface area contributed by atoms with E-state index in [9.17, 15) is 13.2 Å². The highest BCUT2D eigenvalue weighted by Gasteiger charge is 2.31. The van der Waals surface area contributed by atoms with Crippen molar-refractivity contribution in [2.45, 2.75) is 6.36 Å². The number of rotatable bonds is 1. The second-order valence-electron chi connectivity index (χ2n) is 3.35. The molecule has 0 saturated heterocycles. The van der Waals surface area contributed by atoms with E-state index in [0.29, 0.717) is 10.8 Å². The Morgan fingerprint density at radius 1 is 1.12 bits per heavy atom. The Morgan fingerprint density at radius 2 is 1.82 bits per heavy atom. The average molecular weight is 237 g/mol. The molecule has 86 valence electrons. The van der Waals surface area contributed by atoms with E-state index in [4.69, 9.17) is 5.26 Å². The molecule has 0 heterocycles. The molecule has 0 aliphatic heterocycles. The molecule has 0 aliphatic carbocycles. The summed E-state index contributed by atoms with van der Waals surface area (Å²) < 4.78 is 40.0. The molecule has 0 saturated carbocycles. The maximum atomic E-state index is 12.1. The molecule has 0 N–H and O–H groups in total. The Balaban J connectivity index is 2.58. The van der Waals surface area contributed by atoms with Crippen molar-refractivity contribution in [3.05, 3.63) is 42.0 Å². The smallest absolute Gasteiger partial charge is 0.406 e. The van der Waals surface area contributed by atoms with Crippen LogP contribution in [0.25, 0.3) is 10.8 Å². The summed E-state index contributed by atoms with van der Waals surface area (Å²) >= 11 is 0. The Kier molecular flexibility index (Phi) is 2.64. The van der Waals surface area contributed by atoms with E-state index in [1.165, 1.54) is 6.07 Å². The monoisotopic (exact) mass is 237 g/mol. The van der Waals surface area contributed by atoms with Gasteiger partial charge in [-0.2, -0.15) is 5.26 Å². The molecular formula is C12H6F3NO. The Hall–Kier alpha value is -2.22. The van der Waals surface area contributed by atoms with Crippen LogP contribution in [-0.4, -0.2) is 6.36 Å². The summed E-state index contributed by atoms with van der Waals surface area (Å²) in [5.74, 6) is -0.382. The highest BCUT2D eigenvalue weighted by Crippen LogP contribution is 2.28. The van der Waals surface area contributed by atoms with Gasteiger partial charge in [-0.1, -0.05) is 24.3 Å². The Morgan fingerprint density at radius 3 is 2.47 bits per heavy atom. The summed E-state index contributed by atoms with van der Waals surface area (Å²) in [6.07, 6.45) is -4.75. The van der Waals surface area contributed by atoms with E-state index < -0.39 is 6.36 Å². The van der Waals surface area contributed by atoms with Crippen LogP contribution in [-0.2, 0) is 0 Å². The topological polar surface area (TPSA) is 33.0 Å². The lowest BCUT2D eigenvalue weighted by Crippen LogP contribution is -2.17. The minimum Gasteiger partial charge on any atom is -0.406 e. The summed E-state index contributed by atoms with van der Waals surface area (Å²) in [5.41, 5.74) is 0.155. The third-order valence-corrected chi connectivity index (χ3v) is 2.19. The number of fused-ring (bicyclic) bond motifs is 1. The molecule has 2 aromatic rings. The molecule has 0 aliphatic rings. The van der Waals surface area contributed by atoms with Crippen molar-refractivity contribution >= 4 is 10.8 Å². The van der Waals surface area contributed by atoms with E-state index in [-0.39, 0.29) is 11.3 Å². The summed E-state index contributed by atoms with van der Waals surface area (Å²) in [7, 11) is 0. The molecule has 0 aromatic heterocycles. The van der Waals surface area contributed by atoms with Crippen molar-refractivity contribution in [3.63, 3.8) is 0 Å². The van der Waals surface area contributed by atoms with Gasteiger partial charge >= 0.3 is 6.36 Å². The zero-order valence-electron chi connectivity index (χ0n) is 8.45. The van der Waals surface area contributed by atoms with Crippen LogP contribution in [0.5, 0.6) is 5.75 Å². The number of benzene rings is 2. The fourth-order valence-electron chi connectivity index (χ4n) is 1.57. The highest BCUT2D eigenvalue weighted by atomic mass is 19.4. The molecule has 2 nitrogen and oxygen atoms in total. The van der Waals surface area contributed by atoms with Crippen LogP contribution in [0.4, 0.5) is 13.2 Å². The quantitative estimate of drug-likeness (QED) is 0.759. The van der Waals surface area contributed by atoms with Crippen LogP contribution in [0.1, 0.15) is 5.56 Å². The molecule has 17 heavy (non-hydrogen) atoms. The van der Waals surface area contributed by atoms with Gasteiger partial charge in [0.2, 0.25) is 0 Å². The van der Waals surface area contributed by atoms with Gasteiger partial charge in [0.05, 0.1) is 11.6 Å². The number of nitriles is 1. The molecule has 0 bridgehead atoms. The maximum Gasteiger partial charge on any atom is 0.573 e.